The Kier molecular flexibility index (Phi) is 6.58. The van der Waals surface area contributed by atoms with Crippen molar-refractivity contribution in [1.82, 2.24) is 15.1 Å². The Morgan fingerprint density at radius 1 is 1.20 bits per heavy atom. The van der Waals surface area contributed by atoms with Crippen LogP contribution in [0.4, 0.5) is 0 Å². The van der Waals surface area contributed by atoms with E-state index in [1.807, 2.05) is 6.20 Å². The predicted molar refractivity (Wildman–Crippen MR) is 84.7 cm³/mol. The van der Waals surface area contributed by atoms with Gasteiger partial charge in [-0.15, -0.1) is 0 Å². The number of hydrogen-bond donors (Lipinski definition) is 1. The first-order chi connectivity index (χ1) is 9.86. The molecule has 0 bridgehead atoms. The average molecular weight is 277 g/mol. The summed E-state index contributed by atoms with van der Waals surface area (Å²) in [6, 6.07) is 2.73. The molecule has 1 aromatic rings. The normalized spacial score (nSPS) is 18.9. The maximum atomic E-state index is 4.53. The zero-order valence-electron chi connectivity index (χ0n) is 13.3. The van der Waals surface area contributed by atoms with Gasteiger partial charge in [0.05, 0.1) is 11.7 Å². The van der Waals surface area contributed by atoms with Crippen LogP contribution in [0.2, 0.25) is 0 Å². The molecule has 1 aliphatic rings. The van der Waals surface area contributed by atoms with Gasteiger partial charge in [0, 0.05) is 12.7 Å². The maximum absolute atomic E-state index is 4.53. The maximum Gasteiger partial charge on any atom is 0.0556 e. The Balaban J connectivity index is 2.14. The fourth-order valence-corrected chi connectivity index (χ4v) is 3.46. The Labute approximate surface area is 124 Å². The summed E-state index contributed by atoms with van der Waals surface area (Å²) < 4.78 is 2.22. The summed E-state index contributed by atoms with van der Waals surface area (Å²) in [5, 5.41) is 8.34. The van der Waals surface area contributed by atoms with Gasteiger partial charge in [-0.1, -0.05) is 39.5 Å². The number of rotatable bonds is 7. The lowest BCUT2D eigenvalue weighted by Gasteiger charge is -2.28. The van der Waals surface area contributed by atoms with E-state index in [9.17, 15) is 0 Å². The minimum atomic E-state index is 0.502. The van der Waals surface area contributed by atoms with Crippen molar-refractivity contribution in [3.05, 3.63) is 18.0 Å². The van der Waals surface area contributed by atoms with Crippen LogP contribution in [0.3, 0.4) is 0 Å². The van der Waals surface area contributed by atoms with Crippen LogP contribution < -0.4 is 5.32 Å². The van der Waals surface area contributed by atoms with E-state index >= 15 is 0 Å². The molecule has 1 fully saturated rings. The summed E-state index contributed by atoms with van der Waals surface area (Å²) in [6.45, 7) is 6.63. The van der Waals surface area contributed by atoms with Crippen LogP contribution in [0.15, 0.2) is 12.3 Å². The Bertz CT molecular complexity index is 364. The van der Waals surface area contributed by atoms with Gasteiger partial charge in [-0.25, -0.2) is 0 Å². The smallest absolute Gasteiger partial charge is 0.0556 e. The minimum absolute atomic E-state index is 0.502. The van der Waals surface area contributed by atoms with Gasteiger partial charge in [-0.05, 0) is 44.2 Å². The molecule has 3 nitrogen and oxygen atoms in total. The van der Waals surface area contributed by atoms with E-state index in [-0.39, 0.29) is 0 Å². The molecule has 1 aliphatic carbocycles. The summed E-state index contributed by atoms with van der Waals surface area (Å²) >= 11 is 0. The van der Waals surface area contributed by atoms with Crippen LogP contribution in [-0.4, -0.2) is 16.3 Å². The zero-order valence-corrected chi connectivity index (χ0v) is 13.3. The molecule has 114 valence electrons. The first kappa shape index (κ1) is 15.6. The Morgan fingerprint density at radius 2 is 1.95 bits per heavy atom. The largest absolute Gasteiger partial charge is 0.308 e. The van der Waals surface area contributed by atoms with Crippen molar-refractivity contribution in [2.45, 2.75) is 77.8 Å². The van der Waals surface area contributed by atoms with Crippen molar-refractivity contribution >= 4 is 0 Å². The van der Waals surface area contributed by atoms with Gasteiger partial charge in [-0.3, -0.25) is 4.68 Å². The van der Waals surface area contributed by atoms with E-state index in [4.69, 9.17) is 0 Å². The van der Waals surface area contributed by atoms with Crippen LogP contribution >= 0.6 is 0 Å². The van der Waals surface area contributed by atoms with Crippen LogP contribution in [-0.2, 0) is 6.54 Å². The molecule has 1 aromatic heterocycles. The van der Waals surface area contributed by atoms with E-state index in [0.717, 1.165) is 25.4 Å². The molecule has 1 unspecified atom stereocenters. The molecule has 3 heteroatoms. The van der Waals surface area contributed by atoms with Crippen molar-refractivity contribution in [2.24, 2.45) is 5.92 Å². The Hall–Kier alpha value is -0.830. The molecule has 1 N–H and O–H groups in total. The highest BCUT2D eigenvalue weighted by molar-refractivity contribution is 5.09. The molecule has 0 aliphatic heterocycles. The zero-order chi connectivity index (χ0) is 14.2. The van der Waals surface area contributed by atoms with Gasteiger partial charge in [0.1, 0.15) is 0 Å². The molecule has 0 radical (unpaired) electrons. The van der Waals surface area contributed by atoms with E-state index < -0.39 is 0 Å². The second-order valence-electron chi connectivity index (χ2n) is 6.16. The second-order valence-corrected chi connectivity index (χ2v) is 6.16. The molecule has 0 spiro atoms. The highest BCUT2D eigenvalue weighted by Gasteiger charge is 2.26. The molecule has 0 aromatic carbocycles. The summed E-state index contributed by atoms with van der Waals surface area (Å²) in [6.07, 6.45) is 12.7. The second kappa shape index (κ2) is 8.46. The third-order valence-corrected chi connectivity index (χ3v) is 4.49. The number of aromatic nitrogens is 2. The van der Waals surface area contributed by atoms with Crippen LogP contribution in [0.1, 0.15) is 76.9 Å². The molecule has 0 amide bonds. The highest BCUT2D eigenvalue weighted by atomic mass is 15.3. The molecule has 20 heavy (non-hydrogen) atoms. The first-order valence-corrected chi connectivity index (χ1v) is 8.61. The van der Waals surface area contributed by atoms with Crippen LogP contribution in [0.5, 0.6) is 0 Å². The fraction of sp³-hybridized carbons (Fsp3) is 0.824. The van der Waals surface area contributed by atoms with Crippen molar-refractivity contribution in [3.8, 4) is 0 Å². The third-order valence-electron chi connectivity index (χ3n) is 4.49. The van der Waals surface area contributed by atoms with Gasteiger partial charge in [0.2, 0.25) is 0 Å². The fourth-order valence-electron chi connectivity index (χ4n) is 3.46. The number of nitrogens with zero attached hydrogens (tertiary/aromatic N) is 2. The third kappa shape index (κ3) is 4.08. The number of nitrogens with one attached hydrogen (secondary N) is 1. The van der Waals surface area contributed by atoms with Crippen molar-refractivity contribution in [3.63, 3.8) is 0 Å². The minimum Gasteiger partial charge on any atom is -0.308 e. The van der Waals surface area contributed by atoms with E-state index in [1.165, 1.54) is 50.6 Å². The summed E-state index contributed by atoms with van der Waals surface area (Å²) in [4.78, 5) is 0. The van der Waals surface area contributed by atoms with Gasteiger partial charge in [0.15, 0.2) is 0 Å². The van der Waals surface area contributed by atoms with Gasteiger partial charge < -0.3 is 5.32 Å². The average Bonchev–Trinajstić information content (AvgIpc) is 2.75. The van der Waals surface area contributed by atoms with Gasteiger partial charge >= 0.3 is 0 Å². The lowest BCUT2D eigenvalue weighted by Crippen LogP contribution is -2.31. The SMILES string of the molecule is CCCNC(c1ccnn1CCC)C1CCCCCC1. The molecular formula is C17H31N3. The number of hydrogen-bond acceptors (Lipinski definition) is 2. The van der Waals surface area contributed by atoms with Gasteiger partial charge in [-0.2, -0.15) is 5.10 Å². The standard InChI is InChI=1S/C17H31N3/c1-3-12-18-17(15-9-7-5-6-8-10-15)16-11-13-19-20(16)14-4-2/h11,13,15,17-18H,3-10,12,14H2,1-2H3. The van der Waals surface area contributed by atoms with Crippen molar-refractivity contribution < 1.29 is 0 Å². The summed E-state index contributed by atoms with van der Waals surface area (Å²) in [5.74, 6) is 0.788. The van der Waals surface area contributed by atoms with Crippen molar-refractivity contribution in [2.75, 3.05) is 6.54 Å². The van der Waals surface area contributed by atoms with E-state index in [2.05, 4.69) is 35.0 Å². The molecule has 1 atom stereocenters. The molecule has 1 heterocycles. The monoisotopic (exact) mass is 277 g/mol. The quantitative estimate of drug-likeness (QED) is 0.753. The van der Waals surface area contributed by atoms with Crippen LogP contribution in [0, 0.1) is 5.92 Å². The molecule has 0 saturated heterocycles. The predicted octanol–water partition coefficient (Wildman–Crippen LogP) is 4.30. The number of aryl methyl sites for hydroxylation is 1. The molecule has 1 saturated carbocycles. The van der Waals surface area contributed by atoms with Crippen LogP contribution in [0.25, 0.3) is 0 Å². The molecule has 2 rings (SSSR count). The topological polar surface area (TPSA) is 29.9 Å². The molecular weight excluding hydrogens is 246 g/mol. The lowest BCUT2D eigenvalue weighted by molar-refractivity contribution is 0.308. The van der Waals surface area contributed by atoms with E-state index in [0.29, 0.717) is 6.04 Å². The van der Waals surface area contributed by atoms with Gasteiger partial charge in [0.25, 0.3) is 0 Å². The highest BCUT2D eigenvalue weighted by Crippen LogP contribution is 2.33. The lowest BCUT2D eigenvalue weighted by atomic mass is 9.89. The summed E-state index contributed by atoms with van der Waals surface area (Å²) in [7, 11) is 0. The Morgan fingerprint density at radius 3 is 2.60 bits per heavy atom. The summed E-state index contributed by atoms with van der Waals surface area (Å²) in [5.41, 5.74) is 1.41. The van der Waals surface area contributed by atoms with Crippen molar-refractivity contribution in [1.29, 1.82) is 0 Å². The first-order valence-electron chi connectivity index (χ1n) is 8.61. The van der Waals surface area contributed by atoms with E-state index in [1.54, 1.807) is 0 Å².